The summed E-state index contributed by atoms with van der Waals surface area (Å²) in [6.45, 7) is 0.355. The van der Waals surface area contributed by atoms with Gasteiger partial charge in [-0.05, 0) is 24.3 Å². The van der Waals surface area contributed by atoms with Crippen LogP contribution in [0, 0.1) is 0 Å². The number of carbonyl (C=O) groups is 2. The van der Waals surface area contributed by atoms with E-state index in [0.717, 1.165) is 0 Å². The number of rotatable bonds is 4. The van der Waals surface area contributed by atoms with Gasteiger partial charge in [0.05, 0.1) is 24.9 Å². The largest absolute Gasteiger partial charge is 0.465 e. The average Bonchev–Trinajstić information content (AvgIpc) is 2.47. The number of nitrogens with zero attached hydrogens (tertiary/aromatic N) is 1. The lowest BCUT2D eigenvalue weighted by atomic mass is 10.2. The van der Waals surface area contributed by atoms with E-state index in [0.29, 0.717) is 23.4 Å². The first-order chi connectivity index (χ1) is 9.60. The lowest BCUT2D eigenvalue weighted by molar-refractivity contribution is -0.114. The molecule has 1 amide bonds. The zero-order valence-corrected chi connectivity index (χ0v) is 11.0. The Morgan fingerprint density at radius 2 is 2.20 bits per heavy atom. The molecular weight excluding hydrogens is 258 g/mol. The molecule has 0 unspecified atom stereocenters. The van der Waals surface area contributed by atoms with Crippen LogP contribution >= 0.6 is 0 Å². The smallest absolute Gasteiger partial charge is 0.337 e. The van der Waals surface area contributed by atoms with Crippen molar-refractivity contribution in [1.29, 1.82) is 0 Å². The molecule has 6 nitrogen and oxygen atoms in total. The lowest BCUT2D eigenvalue weighted by Gasteiger charge is -2.25. The predicted molar refractivity (Wildman–Crippen MR) is 74.5 cm³/mol. The number of amides is 1. The van der Waals surface area contributed by atoms with Gasteiger partial charge in [0.15, 0.2) is 0 Å². The van der Waals surface area contributed by atoms with E-state index in [1.807, 2.05) is 6.07 Å². The molecule has 1 aromatic carbocycles. The van der Waals surface area contributed by atoms with Gasteiger partial charge >= 0.3 is 5.97 Å². The van der Waals surface area contributed by atoms with Crippen molar-refractivity contribution in [2.75, 3.05) is 19.1 Å². The SMILES string of the molecule is COC(=O)c1cccc(NN2C=CC=C(C(N)=O)C2)c1. The van der Waals surface area contributed by atoms with Gasteiger partial charge < -0.3 is 10.5 Å². The van der Waals surface area contributed by atoms with Crippen LogP contribution in [0.15, 0.2) is 48.2 Å². The van der Waals surface area contributed by atoms with Gasteiger partial charge in [0, 0.05) is 11.8 Å². The van der Waals surface area contributed by atoms with Crippen molar-refractivity contribution in [3.8, 4) is 0 Å². The van der Waals surface area contributed by atoms with E-state index >= 15 is 0 Å². The molecule has 6 heteroatoms. The molecule has 0 saturated carbocycles. The number of nitrogens with two attached hydrogens (primary N) is 1. The molecule has 104 valence electrons. The number of hydrazine groups is 1. The minimum atomic E-state index is -0.454. The number of benzene rings is 1. The second-order valence-electron chi connectivity index (χ2n) is 4.21. The highest BCUT2D eigenvalue weighted by Gasteiger charge is 2.12. The number of ether oxygens (including phenoxy) is 1. The second kappa shape index (κ2) is 5.92. The fraction of sp³-hybridized carbons (Fsp3) is 0.143. The zero-order valence-electron chi connectivity index (χ0n) is 11.0. The molecule has 0 aliphatic carbocycles. The summed E-state index contributed by atoms with van der Waals surface area (Å²) in [6.07, 6.45) is 5.17. The van der Waals surface area contributed by atoms with E-state index in [2.05, 4.69) is 10.2 Å². The quantitative estimate of drug-likeness (QED) is 0.801. The van der Waals surface area contributed by atoms with Gasteiger partial charge in [0.2, 0.25) is 5.91 Å². The number of hydrogen-bond acceptors (Lipinski definition) is 5. The van der Waals surface area contributed by atoms with Crippen LogP contribution in [0.5, 0.6) is 0 Å². The fourth-order valence-corrected chi connectivity index (χ4v) is 1.79. The maximum absolute atomic E-state index is 11.5. The molecule has 1 aromatic rings. The average molecular weight is 273 g/mol. The third-order valence-electron chi connectivity index (χ3n) is 2.78. The van der Waals surface area contributed by atoms with Gasteiger partial charge in [-0.15, -0.1) is 0 Å². The molecule has 1 aliphatic rings. The Bertz CT molecular complexity index is 593. The number of anilines is 1. The summed E-state index contributed by atoms with van der Waals surface area (Å²) in [5.74, 6) is -0.856. The Balaban J connectivity index is 2.08. The Labute approximate surface area is 116 Å². The van der Waals surface area contributed by atoms with Crippen molar-refractivity contribution >= 4 is 17.6 Å². The Hall–Kier alpha value is -2.76. The molecule has 1 aliphatic heterocycles. The minimum Gasteiger partial charge on any atom is -0.465 e. The Morgan fingerprint density at radius 3 is 2.90 bits per heavy atom. The van der Waals surface area contributed by atoms with Crippen molar-refractivity contribution in [1.82, 2.24) is 5.01 Å². The van der Waals surface area contributed by atoms with Gasteiger partial charge in [-0.3, -0.25) is 15.2 Å². The van der Waals surface area contributed by atoms with E-state index in [1.165, 1.54) is 7.11 Å². The summed E-state index contributed by atoms with van der Waals surface area (Å²) >= 11 is 0. The molecule has 0 atom stereocenters. The van der Waals surface area contributed by atoms with Gasteiger partial charge in [0.1, 0.15) is 0 Å². The number of nitrogens with one attached hydrogen (secondary N) is 1. The van der Waals surface area contributed by atoms with Gasteiger partial charge in [-0.1, -0.05) is 12.1 Å². The molecule has 3 N–H and O–H groups in total. The number of hydrogen-bond donors (Lipinski definition) is 2. The normalized spacial score (nSPS) is 13.7. The van der Waals surface area contributed by atoms with E-state index < -0.39 is 11.9 Å². The van der Waals surface area contributed by atoms with Crippen LogP contribution < -0.4 is 11.2 Å². The molecule has 0 aromatic heterocycles. The van der Waals surface area contributed by atoms with E-state index in [9.17, 15) is 9.59 Å². The second-order valence-corrected chi connectivity index (χ2v) is 4.21. The maximum atomic E-state index is 11.5. The van der Waals surface area contributed by atoms with Gasteiger partial charge in [-0.25, -0.2) is 4.79 Å². The highest BCUT2D eigenvalue weighted by molar-refractivity contribution is 5.93. The van der Waals surface area contributed by atoms with Crippen LogP contribution in [0.3, 0.4) is 0 Å². The molecule has 1 heterocycles. The molecule has 0 bridgehead atoms. The first-order valence-electron chi connectivity index (χ1n) is 5.99. The first kappa shape index (κ1) is 13.7. The topological polar surface area (TPSA) is 84.7 Å². The Kier molecular flexibility index (Phi) is 4.05. The summed E-state index contributed by atoms with van der Waals surface area (Å²) in [6, 6.07) is 6.88. The summed E-state index contributed by atoms with van der Waals surface area (Å²) in [7, 11) is 1.33. The van der Waals surface area contributed by atoms with Crippen LogP contribution in [-0.4, -0.2) is 30.5 Å². The maximum Gasteiger partial charge on any atom is 0.337 e. The minimum absolute atomic E-state index is 0.355. The van der Waals surface area contributed by atoms with Crippen LogP contribution in [0.2, 0.25) is 0 Å². The molecule has 2 rings (SSSR count). The van der Waals surface area contributed by atoms with Crippen molar-refractivity contribution in [2.45, 2.75) is 0 Å². The summed E-state index contributed by atoms with van der Waals surface area (Å²) < 4.78 is 4.67. The highest BCUT2D eigenvalue weighted by atomic mass is 16.5. The van der Waals surface area contributed by atoms with Crippen molar-refractivity contribution in [2.24, 2.45) is 5.73 Å². The molecule has 0 spiro atoms. The van der Waals surface area contributed by atoms with Crippen molar-refractivity contribution in [3.05, 3.63) is 53.8 Å². The molecule has 0 fully saturated rings. The third kappa shape index (κ3) is 3.17. The van der Waals surface area contributed by atoms with Crippen LogP contribution in [0.25, 0.3) is 0 Å². The monoisotopic (exact) mass is 273 g/mol. The van der Waals surface area contributed by atoms with Gasteiger partial charge in [-0.2, -0.15) is 0 Å². The molecule has 0 saturated heterocycles. The van der Waals surface area contributed by atoms with Crippen molar-refractivity contribution in [3.63, 3.8) is 0 Å². The highest BCUT2D eigenvalue weighted by Crippen LogP contribution is 2.15. The number of methoxy groups -OCH3 is 1. The standard InChI is InChI=1S/C14H15N3O3/c1-20-14(19)10-4-2-6-12(8-10)16-17-7-3-5-11(9-17)13(15)18/h2-8,16H,9H2,1H3,(H2,15,18). The van der Waals surface area contributed by atoms with E-state index in [1.54, 1.807) is 41.6 Å². The number of primary amides is 1. The number of carbonyl (C=O) groups excluding carboxylic acids is 2. The summed E-state index contributed by atoms with van der Waals surface area (Å²) in [5.41, 5.74) is 9.99. The van der Waals surface area contributed by atoms with Crippen LogP contribution in [0.1, 0.15) is 10.4 Å². The third-order valence-corrected chi connectivity index (χ3v) is 2.78. The molecule has 0 radical (unpaired) electrons. The number of esters is 1. The lowest BCUT2D eigenvalue weighted by Crippen LogP contribution is -2.32. The Morgan fingerprint density at radius 1 is 1.40 bits per heavy atom. The van der Waals surface area contributed by atoms with E-state index in [4.69, 9.17) is 5.73 Å². The van der Waals surface area contributed by atoms with E-state index in [-0.39, 0.29) is 0 Å². The zero-order chi connectivity index (χ0) is 14.5. The summed E-state index contributed by atoms with van der Waals surface area (Å²) in [5, 5.41) is 1.70. The molecule has 20 heavy (non-hydrogen) atoms. The fourth-order valence-electron chi connectivity index (χ4n) is 1.79. The summed E-state index contributed by atoms with van der Waals surface area (Å²) in [4.78, 5) is 22.6. The predicted octanol–water partition coefficient (Wildman–Crippen LogP) is 1.04. The number of allylic oxidation sites excluding steroid dienone is 2. The molecular formula is C14H15N3O3. The van der Waals surface area contributed by atoms with Crippen LogP contribution in [0.4, 0.5) is 5.69 Å². The van der Waals surface area contributed by atoms with Crippen LogP contribution in [-0.2, 0) is 9.53 Å². The first-order valence-corrected chi connectivity index (χ1v) is 5.99. The van der Waals surface area contributed by atoms with Crippen molar-refractivity contribution < 1.29 is 14.3 Å². The van der Waals surface area contributed by atoms with Gasteiger partial charge in [0.25, 0.3) is 0 Å².